The summed E-state index contributed by atoms with van der Waals surface area (Å²) < 4.78 is 8.70. The van der Waals surface area contributed by atoms with Crippen molar-refractivity contribution in [2.75, 3.05) is 0 Å². The van der Waals surface area contributed by atoms with E-state index in [1.54, 1.807) is 6.07 Å². The summed E-state index contributed by atoms with van der Waals surface area (Å²) in [6.45, 7) is 1.43. The molecule has 5 heteroatoms. The van der Waals surface area contributed by atoms with Crippen molar-refractivity contribution in [3.8, 4) is 6.07 Å². The maximum atomic E-state index is 8.70. The molecule has 0 saturated carbocycles. The van der Waals surface area contributed by atoms with Gasteiger partial charge in [-0.15, -0.1) is 9.79 Å². The van der Waals surface area contributed by atoms with E-state index in [9.17, 15) is 0 Å². The molecule has 2 N–H and O–H groups in total. The standard InChI is InChI=1S/C2H3N.HO3P/c1-2-3;1-4(2)3/h1H3;(H-,1,2,3)/p+1. The van der Waals surface area contributed by atoms with Crippen LogP contribution in [-0.2, 0) is 4.57 Å². The molecular weight excluding hydrogens is 117 g/mol. The van der Waals surface area contributed by atoms with Crippen LogP contribution in [0.25, 0.3) is 0 Å². The van der Waals surface area contributed by atoms with Gasteiger partial charge in [-0.25, -0.2) is 0 Å². The Morgan fingerprint density at radius 1 is 1.71 bits per heavy atom. The second-order valence-electron chi connectivity index (χ2n) is 0.476. The van der Waals surface area contributed by atoms with Gasteiger partial charge in [0, 0.05) is 11.5 Å². The Bertz CT molecular complexity index is 81.4. The van der Waals surface area contributed by atoms with Gasteiger partial charge in [-0.1, -0.05) is 0 Å². The second kappa shape index (κ2) is 9.10. The van der Waals surface area contributed by atoms with Crippen molar-refractivity contribution >= 4 is 8.25 Å². The molecule has 0 rings (SSSR count). The van der Waals surface area contributed by atoms with Crippen LogP contribution in [-0.4, -0.2) is 9.79 Å². The molecule has 0 unspecified atom stereocenters. The number of hydrogen-bond donors (Lipinski definition) is 2. The third-order valence-electron chi connectivity index (χ3n) is 0. The van der Waals surface area contributed by atoms with Crippen molar-refractivity contribution in [2.45, 2.75) is 6.92 Å². The van der Waals surface area contributed by atoms with E-state index in [-0.39, 0.29) is 0 Å². The molecular formula is C2H5NO3P+. The van der Waals surface area contributed by atoms with E-state index < -0.39 is 8.25 Å². The summed E-state index contributed by atoms with van der Waals surface area (Å²) in [5, 5.41) is 7.32. The Kier molecular flexibility index (Phi) is 12.6. The summed E-state index contributed by atoms with van der Waals surface area (Å²) >= 11 is 0. The maximum Gasteiger partial charge on any atom is 0.692 e. The highest BCUT2D eigenvalue weighted by molar-refractivity contribution is 7.30. The van der Waals surface area contributed by atoms with E-state index in [0.717, 1.165) is 0 Å². The topological polar surface area (TPSA) is 81.3 Å². The summed E-state index contributed by atoms with van der Waals surface area (Å²) in [6.07, 6.45) is 0. The van der Waals surface area contributed by atoms with Gasteiger partial charge in [-0.3, -0.25) is 0 Å². The lowest BCUT2D eigenvalue weighted by Crippen LogP contribution is -1.38. The predicted octanol–water partition coefficient (Wildman–Crippen LogP) is 0.158. The molecule has 0 atom stereocenters. The van der Waals surface area contributed by atoms with Crippen molar-refractivity contribution in [1.29, 1.82) is 5.26 Å². The number of hydrogen-bond acceptors (Lipinski definition) is 2. The van der Waals surface area contributed by atoms with Crippen LogP contribution in [0.2, 0.25) is 0 Å². The third kappa shape index (κ3) is 283. The van der Waals surface area contributed by atoms with Crippen LogP contribution >= 0.6 is 8.25 Å². The van der Waals surface area contributed by atoms with Crippen LogP contribution in [0.5, 0.6) is 0 Å². The van der Waals surface area contributed by atoms with Gasteiger partial charge < -0.3 is 0 Å². The van der Waals surface area contributed by atoms with Gasteiger partial charge in [0.25, 0.3) is 0 Å². The minimum absolute atomic E-state index is 1.43. The molecule has 0 fully saturated rings. The van der Waals surface area contributed by atoms with E-state index in [2.05, 4.69) is 0 Å². The largest absolute Gasteiger partial charge is 0.692 e. The molecule has 0 aliphatic heterocycles. The quantitative estimate of drug-likeness (QED) is 0.448. The van der Waals surface area contributed by atoms with Crippen molar-refractivity contribution in [1.82, 2.24) is 0 Å². The predicted molar refractivity (Wildman–Crippen MR) is 23.3 cm³/mol. The first-order valence-electron chi connectivity index (χ1n) is 1.31. The van der Waals surface area contributed by atoms with Crippen LogP contribution in [0.4, 0.5) is 0 Å². The maximum absolute atomic E-state index is 8.70. The molecule has 0 aliphatic rings. The fraction of sp³-hybridized carbons (Fsp3) is 0.500. The summed E-state index contributed by atoms with van der Waals surface area (Å²) in [5.74, 6) is 0. The molecule has 0 bridgehead atoms. The van der Waals surface area contributed by atoms with Crippen molar-refractivity contribution in [3.05, 3.63) is 0 Å². The Morgan fingerprint density at radius 3 is 1.71 bits per heavy atom. The highest BCUT2D eigenvalue weighted by Gasteiger charge is 1.93. The summed E-state index contributed by atoms with van der Waals surface area (Å²) in [7, 11) is -2.87. The first-order chi connectivity index (χ1) is 3.15. The molecule has 0 aromatic heterocycles. The first-order valence-corrected chi connectivity index (χ1v) is 2.47. The van der Waals surface area contributed by atoms with E-state index in [4.69, 9.17) is 19.6 Å². The fourth-order valence-electron chi connectivity index (χ4n) is 0. The third-order valence-corrected chi connectivity index (χ3v) is 0. The SMILES string of the molecule is CC#N.O=[P+](O)O. The van der Waals surface area contributed by atoms with Gasteiger partial charge in [0.05, 0.1) is 6.07 Å². The molecule has 0 amide bonds. The summed E-state index contributed by atoms with van der Waals surface area (Å²) in [6, 6.07) is 1.75. The van der Waals surface area contributed by atoms with Gasteiger partial charge >= 0.3 is 8.25 Å². The smallest absolute Gasteiger partial charge is 0.199 e. The van der Waals surface area contributed by atoms with E-state index in [0.29, 0.717) is 0 Å². The number of nitriles is 1. The zero-order valence-corrected chi connectivity index (χ0v) is 4.59. The van der Waals surface area contributed by atoms with Crippen LogP contribution in [0.15, 0.2) is 0 Å². The summed E-state index contributed by atoms with van der Waals surface area (Å²) in [4.78, 5) is 14.2. The van der Waals surface area contributed by atoms with Crippen molar-refractivity contribution in [2.24, 2.45) is 0 Å². The lowest BCUT2D eigenvalue weighted by molar-refractivity contribution is 0.405. The molecule has 0 radical (unpaired) electrons. The van der Waals surface area contributed by atoms with Gasteiger partial charge in [-0.2, -0.15) is 5.26 Å². The first kappa shape index (κ1) is 9.72. The van der Waals surface area contributed by atoms with Crippen molar-refractivity contribution in [3.63, 3.8) is 0 Å². The zero-order valence-electron chi connectivity index (χ0n) is 3.70. The Hall–Kier alpha value is -0.490. The Morgan fingerprint density at radius 2 is 1.71 bits per heavy atom. The van der Waals surface area contributed by atoms with E-state index in [1.165, 1.54) is 6.92 Å². The molecule has 0 aliphatic carbocycles. The second-order valence-corrected chi connectivity index (χ2v) is 0.982. The normalized spacial score (nSPS) is 4.86. The van der Waals surface area contributed by atoms with Crippen LogP contribution in [0.3, 0.4) is 0 Å². The van der Waals surface area contributed by atoms with Crippen molar-refractivity contribution < 1.29 is 14.4 Å². The van der Waals surface area contributed by atoms with E-state index in [1.807, 2.05) is 0 Å². The van der Waals surface area contributed by atoms with Gasteiger partial charge in [0.2, 0.25) is 0 Å². The minimum Gasteiger partial charge on any atom is -0.199 e. The summed E-state index contributed by atoms with van der Waals surface area (Å²) in [5.41, 5.74) is 0. The fourth-order valence-corrected chi connectivity index (χ4v) is 0. The zero-order chi connectivity index (χ0) is 6.28. The Labute approximate surface area is 42.0 Å². The Balaban J connectivity index is 0. The van der Waals surface area contributed by atoms with Gasteiger partial charge in [0.1, 0.15) is 0 Å². The number of nitrogens with zero attached hydrogens (tertiary/aromatic N) is 1. The lowest BCUT2D eigenvalue weighted by atomic mass is 11.0. The molecule has 0 aromatic carbocycles. The highest BCUT2D eigenvalue weighted by atomic mass is 31.1. The van der Waals surface area contributed by atoms with E-state index >= 15 is 0 Å². The molecule has 0 saturated heterocycles. The average molecular weight is 122 g/mol. The lowest BCUT2D eigenvalue weighted by Gasteiger charge is -1.34. The van der Waals surface area contributed by atoms with Crippen LogP contribution in [0, 0.1) is 11.3 Å². The monoisotopic (exact) mass is 122 g/mol. The molecule has 40 valence electrons. The highest BCUT2D eigenvalue weighted by Crippen LogP contribution is 1.98. The number of rotatable bonds is 0. The van der Waals surface area contributed by atoms with Crippen LogP contribution < -0.4 is 0 Å². The molecule has 4 nitrogen and oxygen atoms in total. The molecule has 0 aromatic rings. The minimum atomic E-state index is -2.87. The molecule has 0 spiro atoms. The van der Waals surface area contributed by atoms with Gasteiger partial charge in [0.15, 0.2) is 0 Å². The van der Waals surface area contributed by atoms with Crippen LogP contribution in [0.1, 0.15) is 6.92 Å². The average Bonchev–Trinajstić information content (AvgIpc) is 1.33. The molecule has 0 heterocycles. The molecule has 7 heavy (non-hydrogen) atoms. The van der Waals surface area contributed by atoms with Gasteiger partial charge in [-0.05, 0) is 0 Å².